The minimum absolute atomic E-state index is 0. The van der Waals surface area contributed by atoms with Crippen LogP contribution in [0.2, 0.25) is 0 Å². The third kappa shape index (κ3) is 10.8. The van der Waals surface area contributed by atoms with Crippen LogP contribution in [0.25, 0.3) is 0 Å². The number of nitrogens with one attached hydrogen (secondary N) is 2. The van der Waals surface area contributed by atoms with Crippen LogP contribution < -0.4 is 10.6 Å². The molecule has 0 unspecified atom stereocenters. The van der Waals surface area contributed by atoms with Crippen LogP contribution in [0.5, 0.6) is 0 Å². The fraction of sp³-hybridized carbons (Fsp3) is 0.864. The highest BCUT2D eigenvalue weighted by Crippen LogP contribution is 2.27. The van der Waals surface area contributed by atoms with Crippen molar-refractivity contribution in [1.82, 2.24) is 10.6 Å². The zero-order chi connectivity index (χ0) is 20.8. The second kappa shape index (κ2) is 14.6. The second-order valence-corrected chi connectivity index (χ2v) is 8.20. The minimum Gasteiger partial charge on any atom is -0.381 e. The van der Waals surface area contributed by atoms with Gasteiger partial charge in [0, 0.05) is 53.3 Å². The van der Waals surface area contributed by atoms with E-state index in [1.165, 1.54) is 0 Å². The molecule has 166 valence electrons. The van der Waals surface area contributed by atoms with E-state index in [4.69, 9.17) is 4.74 Å². The van der Waals surface area contributed by atoms with Crippen LogP contribution >= 0.6 is 0 Å². The van der Waals surface area contributed by atoms with E-state index in [1.54, 1.807) is 0 Å². The maximum absolute atomic E-state index is 12.1. The molecule has 0 bridgehead atoms. The van der Waals surface area contributed by atoms with Crippen molar-refractivity contribution in [1.29, 1.82) is 0 Å². The largest absolute Gasteiger partial charge is 0.381 e. The molecule has 0 heterocycles. The summed E-state index contributed by atoms with van der Waals surface area (Å²) in [6.45, 7) is 8.12. The Hall–Kier alpha value is -1.43. The highest BCUT2D eigenvalue weighted by molar-refractivity contribution is 5.83. The summed E-state index contributed by atoms with van der Waals surface area (Å²) in [6.07, 6.45) is 7.81. The number of amides is 2. The van der Waals surface area contributed by atoms with Gasteiger partial charge in [0.05, 0.1) is 0 Å². The van der Waals surface area contributed by atoms with Gasteiger partial charge in [-0.15, -0.1) is 0 Å². The lowest BCUT2D eigenvalue weighted by Gasteiger charge is -2.29. The molecule has 1 fully saturated rings. The van der Waals surface area contributed by atoms with Gasteiger partial charge >= 0.3 is 0 Å². The standard InChI is InChI=1S/C22H40N2O4.2H2/c1-4-5-15-28-16-7-14-23-20(25)8-6-9-21(26)24-19-12-10-18(11-13-19)22(27)17(2)3;;/h17-19H,4-16H2,1-3H3,(H,23,25)(H,24,26);2*1H. The van der Waals surface area contributed by atoms with E-state index >= 15 is 0 Å². The Kier molecular flexibility index (Phi) is 12.8. The quantitative estimate of drug-likeness (QED) is 0.434. The normalized spacial score (nSPS) is 19.4. The van der Waals surface area contributed by atoms with Crippen molar-refractivity contribution in [2.24, 2.45) is 11.8 Å². The van der Waals surface area contributed by atoms with Gasteiger partial charge < -0.3 is 15.4 Å². The molecule has 6 nitrogen and oxygen atoms in total. The second-order valence-electron chi connectivity index (χ2n) is 8.20. The van der Waals surface area contributed by atoms with Gasteiger partial charge in [-0.1, -0.05) is 27.2 Å². The first-order chi connectivity index (χ1) is 13.4. The van der Waals surface area contributed by atoms with Gasteiger partial charge in [0.15, 0.2) is 0 Å². The molecule has 0 aromatic carbocycles. The zero-order valence-corrected chi connectivity index (χ0v) is 18.1. The molecule has 0 aromatic rings. The first kappa shape index (κ1) is 24.6. The molecule has 28 heavy (non-hydrogen) atoms. The summed E-state index contributed by atoms with van der Waals surface area (Å²) in [7, 11) is 0. The minimum atomic E-state index is -0.00550. The molecule has 0 radical (unpaired) electrons. The van der Waals surface area contributed by atoms with Gasteiger partial charge in [-0.05, 0) is 44.9 Å². The summed E-state index contributed by atoms with van der Waals surface area (Å²) in [5, 5.41) is 5.93. The van der Waals surface area contributed by atoms with Crippen molar-refractivity contribution in [2.75, 3.05) is 19.8 Å². The van der Waals surface area contributed by atoms with Crippen LogP contribution in [0.4, 0.5) is 0 Å². The number of ketones is 1. The van der Waals surface area contributed by atoms with E-state index < -0.39 is 0 Å². The van der Waals surface area contributed by atoms with Crippen LogP contribution in [-0.2, 0) is 19.1 Å². The highest BCUT2D eigenvalue weighted by Gasteiger charge is 2.28. The topological polar surface area (TPSA) is 84.5 Å². The molecule has 0 aliphatic heterocycles. The zero-order valence-electron chi connectivity index (χ0n) is 18.1. The average molecular weight is 401 g/mol. The smallest absolute Gasteiger partial charge is 0.220 e. The number of hydrogen-bond acceptors (Lipinski definition) is 4. The van der Waals surface area contributed by atoms with E-state index in [2.05, 4.69) is 17.6 Å². The van der Waals surface area contributed by atoms with Gasteiger partial charge in [0.1, 0.15) is 5.78 Å². The van der Waals surface area contributed by atoms with Gasteiger partial charge in [-0.3, -0.25) is 14.4 Å². The summed E-state index contributed by atoms with van der Waals surface area (Å²) in [4.78, 5) is 35.9. The summed E-state index contributed by atoms with van der Waals surface area (Å²) in [6, 6.07) is 0.172. The van der Waals surface area contributed by atoms with Gasteiger partial charge in [-0.2, -0.15) is 0 Å². The van der Waals surface area contributed by atoms with Crippen LogP contribution in [0.1, 0.15) is 87.8 Å². The Morgan fingerprint density at radius 3 is 2.25 bits per heavy atom. The molecule has 1 rings (SSSR count). The fourth-order valence-electron chi connectivity index (χ4n) is 3.54. The number of hydrogen-bond donors (Lipinski definition) is 2. The molecule has 2 N–H and O–H groups in total. The SMILES string of the molecule is CCCCOCCCNC(=O)CCCC(=O)NC1CCC(C(=O)C(C)C)CC1.[HH].[HH]. The molecule has 2 amide bonds. The van der Waals surface area contributed by atoms with Crippen molar-refractivity contribution in [2.45, 2.75) is 91.0 Å². The molecular formula is C22H44N2O4. The third-order valence-electron chi connectivity index (χ3n) is 5.30. The summed E-state index contributed by atoms with van der Waals surface area (Å²) in [5.74, 6) is 0.609. The molecule has 1 aliphatic rings. The monoisotopic (exact) mass is 400 g/mol. The van der Waals surface area contributed by atoms with Crippen molar-refractivity contribution < 1.29 is 22.0 Å². The molecule has 0 aromatic heterocycles. The van der Waals surface area contributed by atoms with E-state index in [0.29, 0.717) is 38.2 Å². The van der Waals surface area contributed by atoms with E-state index in [1.807, 2.05) is 13.8 Å². The number of carbonyl (C=O) groups excluding carboxylic acids is 3. The predicted molar refractivity (Wildman–Crippen MR) is 115 cm³/mol. The lowest BCUT2D eigenvalue weighted by atomic mass is 9.80. The van der Waals surface area contributed by atoms with E-state index in [-0.39, 0.29) is 32.5 Å². The first-order valence-corrected chi connectivity index (χ1v) is 11.1. The molecule has 0 saturated heterocycles. The van der Waals surface area contributed by atoms with Gasteiger partial charge in [0.2, 0.25) is 11.8 Å². The van der Waals surface area contributed by atoms with E-state index in [0.717, 1.165) is 51.6 Å². The molecule has 1 aliphatic carbocycles. The Morgan fingerprint density at radius 2 is 1.61 bits per heavy atom. The van der Waals surface area contributed by atoms with Crippen molar-refractivity contribution >= 4 is 17.6 Å². The number of ether oxygens (including phenoxy) is 1. The Balaban J connectivity index is 0. The summed E-state index contributed by atoms with van der Waals surface area (Å²) < 4.78 is 5.45. The molecule has 0 atom stereocenters. The maximum Gasteiger partial charge on any atom is 0.220 e. The molecule has 6 heteroatoms. The molecular weight excluding hydrogens is 356 g/mol. The van der Waals surface area contributed by atoms with Crippen LogP contribution in [0, 0.1) is 11.8 Å². The Morgan fingerprint density at radius 1 is 0.964 bits per heavy atom. The summed E-state index contributed by atoms with van der Waals surface area (Å²) >= 11 is 0. The highest BCUT2D eigenvalue weighted by atomic mass is 16.5. The van der Waals surface area contributed by atoms with Gasteiger partial charge in [0.25, 0.3) is 0 Å². The number of Topliss-reactive ketones (excluding diaryl/α,β-unsaturated/α-hetero) is 1. The molecule has 0 spiro atoms. The fourth-order valence-corrected chi connectivity index (χ4v) is 3.54. The predicted octanol–water partition coefficient (Wildman–Crippen LogP) is 3.87. The number of rotatable bonds is 14. The van der Waals surface area contributed by atoms with Gasteiger partial charge in [-0.25, -0.2) is 0 Å². The average Bonchev–Trinajstić information content (AvgIpc) is 2.67. The van der Waals surface area contributed by atoms with Crippen LogP contribution in [-0.4, -0.2) is 43.4 Å². The molecule has 1 saturated carbocycles. The number of unbranched alkanes of at least 4 members (excludes halogenated alkanes) is 1. The maximum atomic E-state index is 12.1. The van der Waals surface area contributed by atoms with E-state index in [9.17, 15) is 14.4 Å². The third-order valence-corrected chi connectivity index (χ3v) is 5.30. The first-order valence-electron chi connectivity index (χ1n) is 11.1. The Bertz CT molecular complexity index is 482. The Labute approximate surface area is 173 Å². The van der Waals surface area contributed by atoms with Crippen molar-refractivity contribution in [3.05, 3.63) is 0 Å². The van der Waals surface area contributed by atoms with Crippen LogP contribution in [0.15, 0.2) is 0 Å². The lowest BCUT2D eigenvalue weighted by Crippen LogP contribution is -2.39. The summed E-state index contributed by atoms with van der Waals surface area (Å²) in [5.41, 5.74) is 0. The van der Waals surface area contributed by atoms with Crippen molar-refractivity contribution in [3.8, 4) is 0 Å². The number of carbonyl (C=O) groups is 3. The van der Waals surface area contributed by atoms with Crippen molar-refractivity contribution in [3.63, 3.8) is 0 Å². The van der Waals surface area contributed by atoms with Crippen LogP contribution in [0.3, 0.4) is 0 Å². The lowest BCUT2D eigenvalue weighted by molar-refractivity contribution is -0.127.